The Morgan fingerprint density at radius 3 is 2.38 bits per heavy atom. The zero-order valence-electron chi connectivity index (χ0n) is 13.2. The fourth-order valence-corrected chi connectivity index (χ4v) is 4.74. The summed E-state index contributed by atoms with van der Waals surface area (Å²) in [4.78, 5) is 2.25. The van der Waals surface area contributed by atoms with E-state index in [-0.39, 0.29) is 10.9 Å². The lowest BCUT2D eigenvalue weighted by atomic mass is 10.2. The van der Waals surface area contributed by atoms with Crippen molar-refractivity contribution in [3.8, 4) is 0 Å². The van der Waals surface area contributed by atoms with Gasteiger partial charge in [-0.2, -0.15) is 4.31 Å². The normalized spacial score (nSPS) is 13.9. The van der Waals surface area contributed by atoms with E-state index in [0.717, 1.165) is 0 Å². The summed E-state index contributed by atoms with van der Waals surface area (Å²) in [5, 5.41) is 0. The molecule has 0 aliphatic rings. The van der Waals surface area contributed by atoms with E-state index in [2.05, 4.69) is 15.9 Å². The molecule has 0 aromatic heterocycles. The minimum absolute atomic E-state index is 0.112. The quantitative estimate of drug-likeness (QED) is 0.772. The molecule has 0 spiro atoms. The molecule has 1 aromatic carbocycles. The van der Waals surface area contributed by atoms with E-state index in [1.54, 1.807) is 13.0 Å². The Labute approximate surface area is 136 Å². The SMILES string of the molecule is CCN(C(C)CN(C)C)S(=O)(=O)c1cc(N)c(Br)cc1C. The smallest absolute Gasteiger partial charge is 0.243 e. The van der Waals surface area contributed by atoms with Crippen LogP contribution in [0.4, 0.5) is 5.69 Å². The first-order chi connectivity index (χ1) is 9.61. The largest absolute Gasteiger partial charge is 0.398 e. The molecule has 5 nitrogen and oxygen atoms in total. The van der Waals surface area contributed by atoms with Crippen LogP contribution in [0.1, 0.15) is 19.4 Å². The molecule has 1 aromatic rings. The summed E-state index contributed by atoms with van der Waals surface area (Å²) in [7, 11) is 0.301. The summed E-state index contributed by atoms with van der Waals surface area (Å²) in [6.07, 6.45) is 0. The van der Waals surface area contributed by atoms with Crippen LogP contribution in [0.15, 0.2) is 21.5 Å². The van der Waals surface area contributed by atoms with E-state index in [4.69, 9.17) is 5.73 Å². The molecule has 1 rings (SSSR count). The van der Waals surface area contributed by atoms with Crippen molar-refractivity contribution in [2.24, 2.45) is 0 Å². The lowest BCUT2D eigenvalue weighted by Crippen LogP contribution is -2.43. The third kappa shape index (κ3) is 4.18. The molecule has 0 bridgehead atoms. The van der Waals surface area contributed by atoms with E-state index < -0.39 is 10.0 Å². The van der Waals surface area contributed by atoms with E-state index in [1.807, 2.05) is 32.8 Å². The summed E-state index contributed by atoms with van der Waals surface area (Å²) in [6, 6.07) is 3.16. The van der Waals surface area contributed by atoms with Gasteiger partial charge >= 0.3 is 0 Å². The van der Waals surface area contributed by atoms with Crippen molar-refractivity contribution in [1.29, 1.82) is 0 Å². The Hall–Kier alpha value is -0.630. The minimum atomic E-state index is -3.56. The van der Waals surface area contributed by atoms with Gasteiger partial charge in [0.2, 0.25) is 10.0 Å². The van der Waals surface area contributed by atoms with Crippen LogP contribution in [-0.4, -0.2) is 50.8 Å². The van der Waals surface area contributed by atoms with E-state index >= 15 is 0 Å². The summed E-state index contributed by atoms with van der Waals surface area (Å²) in [5.74, 6) is 0. The summed E-state index contributed by atoms with van der Waals surface area (Å²) in [6.45, 7) is 6.63. The number of nitrogen functional groups attached to an aromatic ring is 1. The van der Waals surface area contributed by atoms with Crippen LogP contribution >= 0.6 is 15.9 Å². The number of halogens is 1. The van der Waals surface area contributed by atoms with Gasteiger partial charge in [-0.05, 0) is 61.6 Å². The van der Waals surface area contributed by atoms with Crippen molar-refractivity contribution >= 4 is 31.6 Å². The summed E-state index contributed by atoms with van der Waals surface area (Å²) >= 11 is 3.32. The number of aryl methyl sites for hydroxylation is 1. The number of hydrogen-bond acceptors (Lipinski definition) is 4. The number of nitrogens with two attached hydrogens (primary N) is 1. The molecular formula is C14H24BrN3O2S. The number of nitrogens with zero attached hydrogens (tertiary/aromatic N) is 2. The Kier molecular flexibility index (Phi) is 6.22. The fourth-order valence-electron chi connectivity index (χ4n) is 2.41. The molecule has 0 saturated carbocycles. The number of anilines is 1. The highest BCUT2D eigenvalue weighted by Gasteiger charge is 2.29. The number of rotatable bonds is 6. The lowest BCUT2D eigenvalue weighted by Gasteiger charge is -2.29. The molecule has 1 unspecified atom stereocenters. The topological polar surface area (TPSA) is 66.6 Å². The Balaban J connectivity index is 3.28. The number of likely N-dealkylation sites (N-methyl/N-ethyl adjacent to an activating group) is 2. The molecule has 0 saturated heterocycles. The molecule has 7 heteroatoms. The van der Waals surface area contributed by atoms with Gasteiger partial charge in [-0.25, -0.2) is 8.42 Å². The van der Waals surface area contributed by atoms with Crippen molar-refractivity contribution in [2.75, 3.05) is 32.9 Å². The molecular weight excluding hydrogens is 354 g/mol. The second-order valence-corrected chi connectivity index (χ2v) is 8.17. The van der Waals surface area contributed by atoms with Gasteiger partial charge in [0.15, 0.2) is 0 Å². The molecule has 0 aliphatic heterocycles. The number of benzene rings is 1. The molecule has 0 radical (unpaired) electrons. The summed E-state index contributed by atoms with van der Waals surface area (Å²) in [5.41, 5.74) is 6.96. The van der Waals surface area contributed by atoms with Crippen LogP contribution in [0.2, 0.25) is 0 Å². The second-order valence-electron chi connectivity index (χ2n) is 5.46. The van der Waals surface area contributed by atoms with E-state index in [9.17, 15) is 8.42 Å². The minimum Gasteiger partial charge on any atom is -0.398 e. The van der Waals surface area contributed by atoms with Gasteiger partial charge in [0.25, 0.3) is 0 Å². The first kappa shape index (κ1) is 18.4. The van der Waals surface area contributed by atoms with Crippen LogP contribution in [0, 0.1) is 6.92 Å². The molecule has 0 amide bonds. The van der Waals surface area contributed by atoms with Crippen LogP contribution in [-0.2, 0) is 10.0 Å². The third-order valence-corrected chi connectivity index (χ3v) is 6.23. The lowest BCUT2D eigenvalue weighted by molar-refractivity contribution is 0.271. The highest BCUT2D eigenvalue weighted by atomic mass is 79.9. The van der Waals surface area contributed by atoms with Crippen LogP contribution in [0.25, 0.3) is 0 Å². The molecule has 0 heterocycles. The molecule has 0 aliphatic carbocycles. The average Bonchev–Trinajstić information content (AvgIpc) is 2.33. The monoisotopic (exact) mass is 377 g/mol. The van der Waals surface area contributed by atoms with Gasteiger partial charge in [0.1, 0.15) is 0 Å². The Morgan fingerprint density at radius 1 is 1.33 bits per heavy atom. The van der Waals surface area contributed by atoms with Crippen molar-refractivity contribution in [2.45, 2.75) is 31.7 Å². The fraction of sp³-hybridized carbons (Fsp3) is 0.571. The predicted molar refractivity (Wildman–Crippen MR) is 90.9 cm³/mol. The maximum atomic E-state index is 12.9. The van der Waals surface area contributed by atoms with Crippen LogP contribution in [0.3, 0.4) is 0 Å². The summed E-state index contributed by atoms with van der Waals surface area (Å²) < 4.78 is 28.0. The molecule has 0 fully saturated rings. The van der Waals surface area contributed by atoms with Gasteiger partial charge in [-0.15, -0.1) is 0 Å². The predicted octanol–water partition coefficient (Wildman–Crippen LogP) is 2.30. The van der Waals surface area contributed by atoms with Crippen molar-refractivity contribution in [1.82, 2.24) is 9.21 Å². The van der Waals surface area contributed by atoms with Crippen molar-refractivity contribution < 1.29 is 8.42 Å². The number of hydrogen-bond donors (Lipinski definition) is 1. The molecule has 2 N–H and O–H groups in total. The first-order valence-corrected chi connectivity index (χ1v) is 9.06. The molecule has 120 valence electrons. The molecule has 21 heavy (non-hydrogen) atoms. The van der Waals surface area contributed by atoms with E-state index in [1.165, 1.54) is 10.4 Å². The Morgan fingerprint density at radius 2 is 1.90 bits per heavy atom. The van der Waals surface area contributed by atoms with Gasteiger partial charge in [0, 0.05) is 29.3 Å². The van der Waals surface area contributed by atoms with Crippen LogP contribution < -0.4 is 5.73 Å². The number of sulfonamides is 1. The van der Waals surface area contributed by atoms with Gasteiger partial charge in [0.05, 0.1) is 4.90 Å². The maximum Gasteiger partial charge on any atom is 0.243 e. The van der Waals surface area contributed by atoms with Gasteiger partial charge < -0.3 is 10.6 Å². The van der Waals surface area contributed by atoms with Crippen molar-refractivity contribution in [3.63, 3.8) is 0 Å². The second kappa shape index (κ2) is 7.09. The highest BCUT2D eigenvalue weighted by molar-refractivity contribution is 9.10. The zero-order valence-corrected chi connectivity index (χ0v) is 15.6. The van der Waals surface area contributed by atoms with Gasteiger partial charge in [-0.3, -0.25) is 0 Å². The maximum absolute atomic E-state index is 12.9. The zero-order chi connectivity index (χ0) is 16.4. The standard InChI is InChI=1S/C14H24BrN3O2S/c1-6-18(11(3)9-17(4)5)21(19,20)14-8-13(16)12(15)7-10(14)2/h7-8,11H,6,9,16H2,1-5H3. The highest BCUT2D eigenvalue weighted by Crippen LogP contribution is 2.29. The first-order valence-electron chi connectivity index (χ1n) is 6.83. The molecule has 1 atom stereocenters. The Bertz CT molecular complexity index is 602. The van der Waals surface area contributed by atoms with Gasteiger partial charge in [-0.1, -0.05) is 6.92 Å². The van der Waals surface area contributed by atoms with E-state index in [0.29, 0.717) is 28.8 Å². The average molecular weight is 378 g/mol. The van der Waals surface area contributed by atoms with Crippen LogP contribution in [0.5, 0.6) is 0 Å². The third-order valence-electron chi connectivity index (χ3n) is 3.31. The van der Waals surface area contributed by atoms with Crippen molar-refractivity contribution in [3.05, 3.63) is 22.2 Å².